The Kier molecular flexibility index (Phi) is 10.5. The van der Waals surface area contributed by atoms with Crippen molar-refractivity contribution in [1.29, 1.82) is 0 Å². The van der Waals surface area contributed by atoms with Gasteiger partial charge in [0.05, 0.1) is 0 Å². The van der Waals surface area contributed by atoms with Crippen LogP contribution >= 0.6 is 12.4 Å². The molecule has 7 heteroatoms. The third kappa shape index (κ3) is 7.01. The number of unbranched alkanes of at least 4 members (excludes halogenated alkanes) is 1. The van der Waals surface area contributed by atoms with Crippen LogP contribution in [-0.4, -0.2) is 52.8 Å². The number of benzene rings is 2. The van der Waals surface area contributed by atoms with Crippen molar-refractivity contribution in [1.82, 2.24) is 15.1 Å². The number of nitrogens with zero attached hydrogens (tertiary/aromatic N) is 2. The zero-order valence-electron chi connectivity index (χ0n) is 24.2. The van der Waals surface area contributed by atoms with Crippen molar-refractivity contribution in [3.05, 3.63) is 59.7 Å². The van der Waals surface area contributed by atoms with Crippen LogP contribution in [0.25, 0.3) is 0 Å². The fourth-order valence-corrected chi connectivity index (χ4v) is 6.67. The normalized spacial score (nSPS) is 21.6. The summed E-state index contributed by atoms with van der Waals surface area (Å²) in [6.07, 6.45) is 10.3. The highest BCUT2D eigenvalue weighted by Crippen LogP contribution is 2.36. The molecule has 0 aromatic heterocycles. The van der Waals surface area contributed by atoms with Gasteiger partial charge in [0, 0.05) is 26.2 Å². The van der Waals surface area contributed by atoms with Crippen LogP contribution in [-0.2, 0) is 16.1 Å². The van der Waals surface area contributed by atoms with Crippen LogP contribution < -0.4 is 10.1 Å². The molecule has 2 amide bonds. The van der Waals surface area contributed by atoms with Crippen LogP contribution in [0.15, 0.2) is 48.5 Å². The smallest absolute Gasteiger partial charge is 0.246 e. The molecule has 1 N–H and O–H groups in total. The van der Waals surface area contributed by atoms with Gasteiger partial charge >= 0.3 is 0 Å². The van der Waals surface area contributed by atoms with Crippen molar-refractivity contribution in [2.24, 2.45) is 5.92 Å². The van der Waals surface area contributed by atoms with E-state index in [-0.39, 0.29) is 30.3 Å². The highest BCUT2D eigenvalue weighted by Gasteiger charge is 2.53. The van der Waals surface area contributed by atoms with Gasteiger partial charge in [-0.1, -0.05) is 75.3 Å². The van der Waals surface area contributed by atoms with Crippen LogP contribution in [0.5, 0.6) is 11.5 Å². The summed E-state index contributed by atoms with van der Waals surface area (Å²) in [6, 6.07) is 16.0. The predicted octanol–water partition coefficient (Wildman–Crippen LogP) is 6.64. The number of ether oxygens (including phenoxy) is 1. The molecule has 6 nitrogen and oxygen atoms in total. The number of carbonyl (C=O) groups excluding carboxylic acids is 2. The van der Waals surface area contributed by atoms with Crippen molar-refractivity contribution in [2.45, 2.75) is 96.2 Å². The molecule has 40 heavy (non-hydrogen) atoms. The predicted molar refractivity (Wildman–Crippen MR) is 162 cm³/mol. The van der Waals surface area contributed by atoms with Crippen molar-refractivity contribution in [3.63, 3.8) is 0 Å². The number of rotatable bonds is 9. The first-order valence-electron chi connectivity index (χ1n) is 15.1. The van der Waals surface area contributed by atoms with E-state index >= 15 is 0 Å². The van der Waals surface area contributed by atoms with Gasteiger partial charge in [0.1, 0.15) is 23.1 Å². The lowest BCUT2D eigenvalue weighted by Crippen LogP contribution is -2.73. The summed E-state index contributed by atoms with van der Waals surface area (Å²) < 4.78 is 5.98. The lowest BCUT2D eigenvalue weighted by Gasteiger charge is -2.52. The summed E-state index contributed by atoms with van der Waals surface area (Å²) in [5, 5.41) is 3.21. The molecule has 3 fully saturated rings. The lowest BCUT2D eigenvalue weighted by molar-refractivity contribution is -0.162. The second-order valence-corrected chi connectivity index (χ2v) is 12.0. The maximum absolute atomic E-state index is 13.8. The van der Waals surface area contributed by atoms with Crippen LogP contribution in [0.3, 0.4) is 0 Å². The van der Waals surface area contributed by atoms with E-state index in [4.69, 9.17) is 4.74 Å². The van der Waals surface area contributed by atoms with Gasteiger partial charge in [0.25, 0.3) is 0 Å². The summed E-state index contributed by atoms with van der Waals surface area (Å²) in [5.74, 6) is 2.46. The van der Waals surface area contributed by atoms with Crippen molar-refractivity contribution >= 4 is 24.2 Å². The molecule has 0 radical (unpaired) electrons. The number of likely N-dealkylation sites (tertiary alicyclic amines) is 1. The monoisotopic (exact) mass is 567 g/mol. The Hall–Kier alpha value is -2.57. The van der Waals surface area contributed by atoms with Crippen LogP contribution in [0.2, 0.25) is 0 Å². The zero-order chi connectivity index (χ0) is 27.2. The van der Waals surface area contributed by atoms with Gasteiger partial charge in [-0.3, -0.25) is 14.5 Å². The summed E-state index contributed by atoms with van der Waals surface area (Å²) in [7, 11) is 0. The first-order chi connectivity index (χ1) is 19.0. The Bertz CT molecular complexity index is 1110. The minimum absolute atomic E-state index is 0. The third-order valence-corrected chi connectivity index (χ3v) is 9.11. The number of piperazine rings is 1. The molecule has 1 saturated carbocycles. The van der Waals surface area contributed by atoms with E-state index in [1.165, 1.54) is 43.2 Å². The van der Waals surface area contributed by atoms with E-state index in [2.05, 4.69) is 36.2 Å². The van der Waals surface area contributed by atoms with Crippen LogP contribution in [0, 0.1) is 12.8 Å². The van der Waals surface area contributed by atoms with E-state index in [9.17, 15) is 9.59 Å². The molecule has 0 bridgehead atoms. The number of amides is 2. The molecule has 1 spiro atoms. The summed E-state index contributed by atoms with van der Waals surface area (Å²) in [6.45, 7) is 7.34. The number of halogens is 1. The zero-order valence-corrected chi connectivity index (χ0v) is 25.0. The number of nitrogens with one attached hydrogen (secondary N) is 1. The SMILES string of the molecule is CCCCN1C(=O)[C@H](CC2CCCCC2)NC(=O)C12CCN(Cc1ccc(Oc3ccc(C)cc3)cc1)CC2.Cl. The second kappa shape index (κ2) is 13.9. The molecule has 2 aliphatic heterocycles. The molecule has 2 heterocycles. The average Bonchev–Trinajstić information content (AvgIpc) is 2.96. The van der Waals surface area contributed by atoms with E-state index in [0.29, 0.717) is 25.3 Å². The largest absolute Gasteiger partial charge is 0.457 e. The fourth-order valence-electron chi connectivity index (χ4n) is 6.67. The van der Waals surface area contributed by atoms with E-state index in [1.54, 1.807) is 0 Å². The summed E-state index contributed by atoms with van der Waals surface area (Å²) in [5.41, 5.74) is 1.74. The molecular formula is C33H46ClN3O3. The molecule has 5 rings (SSSR count). The highest BCUT2D eigenvalue weighted by atomic mass is 35.5. The van der Waals surface area contributed by atoms with Gasteiger partial charge in [-0.25, -0.2) is 0 Å². The van der Waals surface area contributed by atoms with Gasteiger partial charge < -0.3 is 15.0 Å². The quantitative estimate of drug-likeness (QED) is 0.369. The Morgan fingerprint density at radius 3 is 2.17 bits per heavy atom. The molecule has 1 aliphatic carbocycles. The Morgan fingerprint density at radius 2 is 1.55 bits per heavy atom. The number of piperidine rings is 1. The number of aryl methyl sites for hydroxylation is 1. The highest BCUT2D eigenvalue weighted by molar-refractivity contribution is 6.00. The molecule has 0 unspecified atom stereocenters. The molecule has 3 aliphatic rings. The molecule has 1 atom stereocenters. The summed E-state index contributed by atoms with van der Waals surface area (Å²) >= 11 is 0. The minimum atomic E-state index is -0.697. The van der Waals surface area contributed by atoms with Gasteiger partial charge in [-0.15, -0.1) is 12.4 Å². The van der Waals surface area contributed by atoms with Crippen molar-refractivity contribution in [3.8, 4) is 11.5 Å². The summed E-state index contributed by atoms with van der Waals surface area (Å²) in [4.78, 5) is 31.8. The first-order valence-corrected chi connectivity index (χ1v) is 15.1. The Morgan fingerprint density at radius 1 is 0.925 bits per heavy atom. The maximum atomic E-state index is 13.8. The Labute approximate surface area is 246 Å². The van der Waals surface area contributed by atoms with Gasteiger partial charge in [0.15, 0.2) is 0 Å². The lowest BCUT2D eigenvalue weighted by atomic mass is 9.79. The average molecular weight is 568 g/mol. The first kappa shape index (κ1) is 30.4. The Balaban J connectivity index is 0.00000370. The van der Waals surface area contributed by atoms with Gasteiger partial charge in [-0.05, 0) is 68.4 Å². The van der Waals surface area contributed by atoms with Crippen LogP contribution in [0.4, 0.5) is 0 Å². The number of carbonyl (C=O) groups is 2. The molecule has 218 valence electrons. The number of hydrogen-bond acceptors (Lipinski definition) is 4. The van der Waals surface area contributed by atoms with Crippen molar-refractivity contribution < 1.29 is 14.3 Å². The molecular weight excluding hydrogens is 522 g/mol. The van der Waals surface area contributed by atoms with Crippen molar-refractivity contribution in [2.75, 3.05) is 19.6 Å². The standard InChI is InChI=1S/C33H45N3O3.ClH/c1-3-4-20-36-31(37)30(23-26-8-6-5-7-9-26)34-32(38)33(36)18-21-35(22-19-33)24-27-12-16-29(17-13-27)39-28-14-10-25(2)11-15-28;/h10-17,26,30H,3-9,18-24H2,1-2H3,(H,34,38);1H/t30-;/m0./s1. The number of hydrogen-bond donors (Lipinski definition) is 1. The molecule has 2 aromatic rings. The van der Waals surface area contributed by atoms with Crippen LogP contribution in [0.1, 0.15) is 82.3 Å². The van der Waals surface area contributed by atoms with Gasteiger partial charge in [-0.2, -0.15) is 0 Å². The fraction of sp³-hybridized carbons (Fsp3) is 0.576. The second-order valence-electron chi connectivity index (χ2n) is 12.0. The molecule has 2 aromatic carbocycles. The van der Waals surface area contributed by atoms with Gasteiger partial charge in [0.2, 0.25) is 11.8 Å². The minimum Gasteiger partial charge on any atom is -0.457 e. The van der Waals surface area contributed by atoms with E-state index in [1.807, 2.05) is 41.3 Å². The topological polar surface area (TPSA) is 61.9 Å². The third-order valence-electron chi connectivity index (χ3n) is 9.11. The maximum Gasteiger partial charge on any atom is 0.246 e. The van der Waals surface area contributed by atoms with E-state index < -0.39 is 5.54 Å². The van der Waals surface area contributed by atoms with E-state index in [0.717, 1.165) is 50.4 Å². The molecule has 2 saturated heterocycles.